The van der Waals surface area contributed by atoms with Gasteiger partial charge in [0.05, 0.1) is 0 Å². The zero-order chi connectivity index (χ0) is 19.0. The second-order valence-corrected chi connectivity index (χ2v) is 5.08. The number of hydrogen-bond acceptors (Lipinski definition) is 7. The van der Waals surface area contributed by atoms with Gasteiger partial charge in [0.2, 0.25) is 6.04 Å². The highest BCUT2D eigenvalue weighted by Gasteiger charge is 2.35. The molecule has 0 heterocycles. The van der Waals surface area contributed by atoms with E-state index in [9.17, 15) is 19.7 Å². The molecule has 11 heteroatoms. The molecule has 11 nitrogen and oxygen atoms in total. The van der Waals surface area contributed by atoms with Crippen molar-refractivity contribution in [3.8, 4) is 0 Å². The maximum Gasteiger partial charge on any atom is 0.416 e. The van der Waals surface area contributed by atoms with Gasteiger partial charge >= 0.3 is 12.1 Å². The summed E-state index contributed by atoms with van der Waals surface area (Å²) in [6.07, 6.45) is -1.37. The largest absolute Gasteiger partial charge is 0.480 e. The fraction of sp³-hybridized carbons (Fsp3) is 0.357. The number of amides is 1. The fourth-order valence-corrected chi connectivity index (χ4v) is 1.95. The van der Waals surface area contributed by atoms with Gasteiger partial charge < -0.3 is 21.3 Å². The molecule has 136 valence electrons. The molecule has 0 radical (unpaired) electrons. The summed E-state index contributed by atoms with van der Waals surface area (Å²) in [5.74, 6) is -2.22. The number of hydrogen-bond donors (Lipinski definition) is 4. The summed E-state index contributed by atoms with van der Waals surface area (Å²) >= 11 is 0. The summed E-state index contributed by atoms with van der Waals surface area (Å²) < 4.78 is 5.00. The van der Waals surface area contributed by atoms with Crippen LogP contribution in [0.4, 0.5) is 4.79 Å². The van der Waals surface area contributed by atoms with Crippen LogP contribution in [-0.4, -0.2) is 51.6 Å². The Labute approximate surface area is 142 Å². The Balaban J connectivity index is 2.69. The monoisotopic (exact) mass is 353 g/mol. The number of nitrogens with two attached hydrogens (primary N) is 2. The molecule has 1 amide bonds. The smallest absolute Gasteiger partial charge is 0.416 e. The van der Waals surface area contributed by atoms with Crippen molar-refractivity contribution in [1.82, 2.24) is 4.90 Å². The number of guanidine groups is 1. The number of carboxylic acids is 1. The van der Waals surface area contributed by atoms with E-state index in [-0.39, 0.29) is 13.2 Å². The van der Waals surface area contributed by atoms with Crippen LogP contribution in [0.2, 0.25) is 0 Å². The van der Waals surface area contributed by atoms with E-state index in [1.54, 1.807) is 30.3 Å². The van der Waals surface area contributed by atoms with Gasteiger partial charge in [-0.2, -0.15) is 0 Å². The predicted octanol–water partition coefficient (Wildman–Crippen LogP) is -0.0340. The highest BCUT2D eigenvalue weighted by atomic mass is 16.6. The number of benzene rings is 1. The Kier molecular flexibility index (Phi) is 7.28. The molecule has 0 aliphatic heterocycles. The topological polar surface area (TPSA) is 186 Å². The third-order valence-electron chi connectivity index (χ3n) is 3.34. The van der Waals surface area contributed by atoms with Crippen LogP contribution in [0.25, 0.3) is 0 Å². The molecule has 1 rings (SSSR count). The molecular weight excluding hydrogens is 334 g/mol. The lowest BCUT2D eigenvalue weighted by molar-refractivity contribution is -0.524. The molecule has 1 aromatic rings. The van der Waals surface area contributed by atoms with Crippen molar-refractivity contribution in [3.63, 3.8) is 0 Å². The van der Waals surface area contributed by atoms with Crippen LogP contribution in [0.1, 0.15) is 12.0 Å². The highest BCUT2D eigenvalue weighted by molar-refractivity contribution is 5.91. The summed E-state index contributed by atoms with van der Waals surface area (Å²) in [5.41, 5.74) is 11.3. The van der Waals surface area contributed by atoms with E-state index in [0.29, 0.717) is 10.5 Å². The van der Waals surface area contributed by atoms with Crippen molar-refractivity contribution in [2.75, 3.05) is 6.54 Å². The van der Waals surface area contributed by atoms with Gasteiger partial charge in [0.25, 0.3) is 0 Å². The van der Waals surface area contributed by atoms with Gasteiger partial charge in [-0.15, -0.1) is 0 Å². The lowest BCUT2D eigenvalue weighted by Crippen LogP contribution is -2.49. The summed E-state index contributed by atoms with van der Waals surface area (Å²) in [5, 5.41) is 27.1. The van der Waals surface area contributed by atoms with Crippen LogP contribution < -0.4 is 11.5 Å². The lowest BCUT2D eigenvalue weighted by Gasteiger charge is -2.21. The second-order valence-electron chi connectivity index (χ2n) is 5.08. The quantitative estimate of drug-likeness (QED) is 0.217. The van der Waals surface area contributed by atoms with E-state index in [4.69, 9.17) is 26.7 Å². The first-order chi connectivity index (χ1) is 11.7. The number of nitro groups is 1. The molecule has 0 aromatic heterocycles. The average molecular weight is 353 g/mol. The first-order valence-electron chi connectivity index (χ1n) is 7.18. The second kappa shape index (κ2) is 9.17. The van der Waals surface area contributed by atoms with Crippen molar-refractivity contribution < 1.29 is 24.4 Å². The summed E-state index contributed by atoms with van der Waals surface area (Å²) in [4.78, 5) is 33.6. The molecule has 0 saturated carbocycles. The van der Waals surface area contributed by atoms with Gasteiger partial charge in [-0.25, -0.2) is 9.69 Å². The SMILES string of the molecule is N=C(N)N(CCC([C@H](N)C(=O)O)[N+](=O)[O-])C(=O)OCc1ccccc1. The van der Waals surface area contributed by atoms with E-state index in [0.717, 1.165) is 0 Å². The molecule has 0 spiro atoms. The summed E-state index contributed by atoms with van der Waals surface area (Å²) in [6, 6.07) is 5.35. The number of nitrogens with one attached hydrogen (secondary N) is 1. The first kappa shape index (κ1) is 19.8. The fourth-order valence-electron chi connectivity index (χ4n) is 1.95. The van der Waals surface area contributed by atoms with Crippen LogP contribution in [0.5, 0.6) is 0 Å². The number of aliphatic carboxylic acids is 1. The van der Waals surface area contributed by atoms with E-state index >= 15 is 0 Å². The highest BCUT2D eigenvalue weighted by Crippen LogP contribution is 2.08. The van der Waals surface area contributed by atoms with Crippen LogP contribution >= 0.6 is 0 Å². The number of carboxylic acid groups (broad SMARTS) is 1. The van der Waals surface area contributed by atoms with Crippen molar-refractivity contribution in [3.05, 3.63) is 46.0 Å². The molecule has 0 fully saturated rings. The van der Waals surface area contributed by atoms with Gasteiger partial charge in [-0.1, -0.05) is 30.3 Å². The zero-order valence-corrected chi connectivity index (χ0v) is 13.2. The van der Waals surface area contributed by atoms with Crippen molar-refractivity contribution in [2.45, 2.75) is 25.1 Å². The third kappa shape index (κ3) is 6.06. The molecule has 2 atom stereocenters. The van der Waals surface area contributed by atoms with Crippen molar-refractivity contribution >= 4 is 18.0 Å². The van der Waals surface area contributed by atoms with E-state index in [2.05, 4.69) is 0 Å². The van der Waals surface area contributed by atoms with Gasteiger partial charge in [0.1, 0.15) is 6.61 Å². The molecule has 0 aliphatic rings. The van der Waals surface area contributed by atoms with Crippen LogP contribution in [-0.2, 0) is 16.1 Å². The molecule has 0 bridgehead atoms. The van der Waals surface area contributed by atoms with E-state index in [1.807, 2.05) is 0 Å². The summed E-state index contributed by atoms with van der Waals surface area (Å²) in [7, 11) is 0. The third-order valence-corrected chi connectivity index (χ3v) is 3.34. The number of nitrogens with zero attached hydrogens (tertiary/aromatic N) is 2. The standard InChI is InChI=1S/C14H19N5O6/c15-11(12(20)21)10(19(23)24)6-7-18(13(16)17)14(22)25-8-9-4-2-1-3-5-9/h1-5,10-11H,6-8,15H2,(H3,16,17)(H,20,21)/t10?,11-/m0/s1. The zero-order valence-electron chi connectivity index (χ0n) is 13.2. The predicted molar refractivity (Wildman–Crippen MR) is 86.3 cm³/mol. The molecule has 25 heavy (non-hydrogen) atoms. The Morgan fingerprint density at radius 3 is 2.44 bits per heavy atom. The molecule has 0 saturated heterocycles. The molecule has 0 aliphatic carbocycles. The first-order valence-corrected chi connectivity index (χ1v) is 7.18. The Morgan fingerprint density at radius 1 is 1.36 bits per heavy atom. The molecule has 6 N–H and O–H groups in total. The number of ether oxygens (including phenoxy) is 1. The summed E-state index contributed by atoms with van der Waals surface area (Å²) in [6.45, 7) is -0.452. The number of rotatable bonds is 8. The van der Waals surface area contributed by atoms with Crippen LogP contribution in [0.15, 0.2) is 30.3 Å². The minimum atomic E-state index is -1.75. The Hall–Kier alpha value is -3.21. The number of carbonyl (C=O) groups is 2. The normalized spacial score (nSPS) is 12.7. The maximum atomic E-state index is 12.0. The lowest BCUT2D eigenvalue weighted by atomic mass is 10.1. The minimum Gasteiger partial charge on any atom is -0.480 e. The van der Waals surface area contributed by atoms with Gasteiger partial charge in [0, 0.05) is 17.9 Å². The van der Waals surface area contributed by atoms with E-state index < -0.39 is 41.4 Å². The van der Waals surface area contributed by atoms with E-state index in [1.165, 1.54) is 0 Å². The Morgan fingerprint density at radius 2 is 1.96 bits per heavy atom. The van der Waals surface area contributed by atoms with Crippen molar-refractivity contribution in [1.29, 1.82) is 5.41 Å². The Bertz CT molecular complexity index is 638. The van der Waals surface area contributed by atoms with Crippen molar-refractivity contribution in [2.24, 2.45) is 11.5 Å². The van der Waals surface area contributed by atoms with Gasteiger partial charge in [-0.05, 0) is 5.56 Å². The van der Waals surface area contributed by atoms with Gasteiger partial charge in [0.15, 0.2) is 12.0 Å². The molecule has 1 aromatic carbocycles. The molecular formula is C14H19N5O6. The van der Waals surface area contributed by atoms with Crippen LogP contribution in [0.3, 0.4) is 0 Å². The maximum absolute atomic E-state index is 12.0. The number of carbonyl (C=O) groups excluding carboxylic acids is 1. The minimum absolute atomic E-state index is 0.0727. The molecule has 1 unspecified atom stereocenters. The van der Waals surface area contributed by atoms with Gasteiger partial charge in [-0.3, -0.25) is 20.3 Å². The average Bonchev–Trinajstić information content (AvgIpc) is 2.56. The van der Waals surface area contributed by atoms with Crippen LogP contribution in [0, 0.1) is 15.5 Å².